The Hall–Kier alpha value is -0.160. The summed E-state index contributed by atoms with van der Waals surface area (Å²) in [6.45, 7) is 4.76. The quantitative estimate of drug-likeness (QED) is 0.599. The normalized spacial score (nSPS) is 16.2. The summed E-state index contributed by atoms with van der Waals surface area (Å²) in [6, 6.07) is 0.452. The van der Waals surface area contributed by atoms with Crippen LogP contribution in [0.1, 0.15) is 13.8 Å². The minimum absolute atomic E-state index is 0.153. The van der Waals surface area contributed by atoms with Crippen LogP contribution in [0, 0.1) is 0 Å². The van der Waals surface area contributed by atoms with Gasteiger partial charge in [-0.1, -0.05) is 0 Å². The lowest BCUT2D eigenvalue weighted by molar-refractivity contribution is -0.121. The molecule has 0 bridgehead atoms. The van der Waals surface area contributed by atoms with Gasteiger partial charge in [-0.15, -0.1) is 0 Å². The van der Waals surface area contributed by atoms with E-state index in [9.17, 15) is 0 Å². The highest BCUT2D eigenvalue weighted by Gasteiger charge is 2.17. The van der Waals surface area contributed by atoms with Crippen LogP contribution in [-0.4, -0.2) is 46.3 Å². The molecule has 0 aliphatic carbocycles. The zero-order valence-corrected chi connectivity index (χ0v) is 9.16. The van der Waals surface area contributed by atoms with Crippen LogP contribution in [0.4, 0.5) is 0 Å². The van der Waals surface area contributed by atoms with Crippen molar-refractivity contribution >= 4 is 0 Å². The highest BCUT2D eigenvalue weighted by molar-refractivity contribution is 4.69. The van der Waals surface area contributed by atoms with Crippen LogP contribution >= 0.6 is 0 Å². The summed E-state index contributed by atoms with van der Waals surface area (Å²) in [5.74, 6) is 0. The molecule has 0 aromatic rings. The zero-order chi connectivity index (χ0) is 10.3. The molecule has 0 rings (SSSR count). The standard InChI is InChI=1S/C9H21NO3/c1-7(6-11-3)10-8(2)9(12-4)13-5/h7-10H,6H2,1-5H3. The Morgan fingerprint density at radius 1 is 1.08 bits per heavy atom. The van der Waals surface area contributed by atoms with E-state index in [4.69, 9.17) is 14.2 Å². The molecule has 4 heteroatoms. The third kappa shape index (κ3) is 5.21. The van der Waals surface area contributed by atoms with Crippen molar-refractivity contribution in [2.45, 2.75) is 32.2 Å². The van der Waals surface area contributed by atoms with E-state index in [0.29, 0.717) is 12.6 Å². The maximum atomic E-state index is 5.11. The van der Waals surface area contributed by atoms with Crippen LogP contribution in [0.2, 0.25) is 0 Å². The maximum Gasteiger partial charge on any atom is 0.171 e. The van der Waals surface area contributed by atoms with Gasteiger partial charge in [-0.3, -0.25) is 0 Å². The van der Waals surface area contributed by atoms with Gasteiger partial charge in [-0.05, 0) is 13.8 Å². The average Bonchev–Trinajstić information content (AvgIpc) is 2.06. The topological polar surface area (TPSA) is 39.7 Å². The van der Waals surface area contributed by atoms with Gasteiger partial charge in [0.05, 0.1) is 12.6 Å². The van der Waals surface area contributed by atoms with Gasteiger partial charge in [0, 0.05) is 27.4 Å². The van der Waals surface area contributed by atoms with Crippen molar-refractivity contribution in [3.8, 4) is 0 Å². The van der Waals surface area contributed by atoms with Crippen molar-refractivity contribution < 1.29 is 14.2 Å². The first-order valence-corrected chi connectivity index (χ1v) is 4.46. The fraction of sp³-hybridized carbons (Fsp3) is 1.00. The smallest absolute Gasteiger partial charge is 0.171 e. The molecule has 2 unspecified atom stereocenters. The molecule has 0 aliphatic heterocycles. The van der Waals surface area contributed by atoms with Crippen LogP contribution in [0.25, 0.3) is 0 Å². The number of nitrogens with one attached hydrogen (secondary N) is 1. The van der Waals surface area contributed by atoms with E-state index >= 15 is 0 Å². The average molecular weight is 191 g/mol. The number of hydrogen-bond acceptors (Lipinski definition) is 4. The molecule has 0 aromatic carbocycles. The fourth-order valence-corrected chi connectivity index (χ4v) is 1.33. The minimum atomic E-state index is -0.209. The summed E-state index contributed by atoms with van der Waals surface area (Å²) in [6.07, 6.45) is -0.209. The highest BCUT2D eigenvalue weighted by Crippen LogP contribution is 1.99. The summed E-state index contributed by atoms with van der Waals surface area (Å²) in [4.78, 5) is 0. The van der Waals surface area contributed by atoms with Gasteiger partial charge in [-0.2, -0.15) is 0 Å². The largest absolute Gasteiger partial charge is 0.383 e. The summed E-state index contributed by atoms with van der Waals surface area (Å²) in [7, 11) is 4.95. The molecule has 13 heavy (non-hydrogen) atoms. The lowest BCUT2D eigenvalue weighted by Gasteiger charge is -2.25. The first kappa shape index (κ1) is 12.8. The zero-order valence-electron chi connectivity index (χ0n) is 9.16. The second-order valence-electron chi connectivity index (χ2n) is 3.15. The SMILES string of the molecule is COCC(C)NC(C)C(OC)OC. The first-order chi connectivity index (χ1) is 6.15. The van der Waals surface area contributed by atoms with E-state index in [1.165, 1.54) is 0 Å². The molecule has 0 heterocycles. The van der Waals surface area contributed by atoms with Crippen molar-refractivity contribution in [3.05, 3.63) is 0 Å². The van der Waals surface area contributed by atoms with E-state index < -0.39 is 0 Å². The van der Waals surface area contributed by atoms with Gasteiger partial charge in [0.25, 0.3) is 0 Å². The van der Waals surface area contributed by atoms with Crippen LogP contribution in [0.15, 0.2) is 0 Å². The fourth-order valence-electron chi connectivity index (χ4n) is 1.33. The Morgan fingerprint density at radius 3 is 2.00 bits per heavy atom. The van der Waals surface area contributed by atoms with Crippen LogP contribution < -0.4 is 5.32 Å². The van der Waals surface area contributed by atoms with E-state index in [2.05, 4.69) is 12.2 Å². The summed E-state index contributed by atoms with van der Waals surface area (Å²) in [5, 5.41) is 3.31. The Morgan fingerprint density at radius 2 is 1.62 bits per heavy atom. The molecule has 0 aliphatic rings. The van der Waals surface area contributed by atoms with Crippen LogP contribution in [0.3, 0.4) is 0 Å². The van der Waals surface area contributed by atoms with Gasteiger partial charge >= 0.3 is 0 Å². The van der Waals surface area contributed by atoms with E-state index in [1.54, 1.807) is 21.3 Å². The number of rotatable bonds is 7. The maximum absolute atomic E-state index is 5.11. The molecule has 4 nitrogen and oxygen atoms in total. The molecule has 1 N–H and O–H groups in total. The Balaban J connectivity index is 3.75. The molecule has 2 atom stereocenters. The Bertz CT molecular complexity index is 117. The summed E-state index contributed by atoms with van der Waals surface area (Å²) < 4.78 is 15.2. The lowest BCUT2D eigenvalue weighted by Crippen LogP contribution is -2.45. The first-order valence-electron chi connectivity index (χ1n) is 4.46. The Kier molecular flexibility index (Phi) is 7.17. The molecule has 0 fully saturated rings. The van der Waals surface area contributed by atoms with E-state index in [-0.39, 0.29) is 12.3 Å². The molecule has 0 saturated carbocycles. The monoisotopic (exact) mass is 191 g/mol. The summed E-state index contributed by atoms with van der Waals surface area (Å²) in [5.41, 5.74) is 0. The van der Waals surface area contributed by atoms with Crippen molar-refractivity contribution in [2.24, 2.45) is 0 Å². The molecule has 0 radical (unpaired) electrons. The van der Waals surface area contributed by atoms with E-state index in [0.717, 1.165) is 0 Å². The minimum Gasteiger partial charge on any atom is -0.383 e. The predicted molar refractivity (Wildman–Crippen MR) is 51.7 cm³/mol. The molecular formula is C9H21NO3. The lowest BCUT2D eigenvalue weighted by atomic mass is 10.2. The van der Waals surface area contributed by atoms with Gasteiger partial charge in [0.2, 0.25) is 0 Å². The van der Waals surface area contributed by atoms with Gasteiger partial charge < -0.3 is 19.5 Å². The third-order valence-electron chi connectivity index (χ3n) is 1.84. The molecule has 0 aromatic heterocycles. The number of hydrogen-bond donors (Lipinski definition) is 1. The van der Waals surface area contributed by atoms with Crippen molar-refractivity contribution in [3.63, 3.8) is 0 Å². The number of methoxy groups -OCH3 is 3. The van der Waals surface area contributed by atoms with Crippen LogP contribution in [0.5, 0.6) is 0 Å². The van der Waals surface area contributed by atoms with Gasteiger partial charge in [0.1, 0.15) is 0 Å². The second-order valence-corrected chi connectivity index (χ2v) is 3.15. The van der Waals surface area contributed by atoms with E-state index in [1.807, 2.05) is 6.92 Å². The molecule has 0 spiro atoms. The molecule has 0 saturated heterocycles. The highest BCUT2D eigenvalue weighted by atomic mass is 16.7. The van der Waals surface area contributed by atoms with Gasteiger partial charge in [0.15, 0.2) is 6.29 Å². The number of ether oxygens (including phenoxy) is 3. The van der Waals surface area contributed by atoms with Crippen molar-refractivity contribution in [1.82, 2.24) is 5.32 Å². The molecular weight excluding hydrogens is 170 g/mol. The van der Waals surface area contributed by atoms with Gasteiger partial charge in [-0.25, -0.2) is 0 Å². The Labute approximate surface area is 80.5 Å². The molecule has 80 valence electrons. The van der Waals surface area contributed by atoms with Crippen molar-refractivity contribution in [1.29, 1.82) is 0 Å². The summed E-state index contributed by atoms with van der Waals surface area (Å²) >= 11 is 0. The third-order valence-corrected chi connectivity index (χ3v) is 1.84. The van der Waals surface area contributed by atoms with Crippen LogP contribution in [-0.2, 0) is 14.2 Å². The van der Waals surface area contributed by atoms with Crippen molar-refractivity contribution in [2.75, 3.05) is 27.9 Å². The molecule has 0 amide bonds. The predicted octanol–water partition coefficient (Wildman–Crippen LogP) is 0.618. The second kappa shape index (κ2) is 7.26.